The van der Waals surface area contributed by atoms with Crippen molar-refractivity contribution >= 4 is 12.1 Å². The van der Waals surface area contributed by atoms with Gasteiger partial charge in [-0.05, 0) is 29.7 Å². The summed E-state index contributed by atoms with van der Waals surface area (Å²) in [7, 11) is 0. The van der Waals surface area contributed by atoms with Crippen LogP contribution in [0.1, 0.15) is 68.6 Å². The third-order valence-corrected chi connectivity index (χ3v) is 4.63. The lowest BCUT2D eigenvalue weighted by Gasteiger charge is -2.06. The van der Waals surface area contributed by atoms with Gasteiger partial charge in [0.05, 0.1) is 17.2 Å². The first-order chi connectivity index (χ1) is 14.7. The molecule has 0 fully saturated rings. The van der Waals surface area contributed by atoms with Gasteiger partial charge in [-0.25, -0.2) is 14.5 Å². The average Bonchev–Trinajstić information content (AvgIpc) is 2.78. The smallest absolute Gasteiger partial charge is 0.432 e. The van der Waals surface area contributed by atoms with Crippen molar-refractivity contribution in [1.29, 1.82) is 0 Å². The zero-order chi connectivity index (χ0) is 21.4. The predicted molar refractivity (Wildman–Crippen MR) is 113 cm³/mol. The topological polar surface area (TPSA) is 71.1 Å². The molecule has 162 valence electrons. The molecule has 0 N–H and O–H groups in total. The summed E-state index contributed by atoms with van der Waals surface area (Å²) in [6, 6.07) is 16.5. The van der Waals surface area contributed by atoms with Crippen LogP contribution in [-0.4, -0.2) is 18.7 Å². The van der Waals surface area contributed by atoms with E-state index in [-0.39, 0.29) is 12.2 Å². The number of carbonyl (C=O) groups excluding carboxylic acids is 2. The zero-order valence-corrected chi connectivity index (χ0v) is 17.5. The number of benzene rings is 2. The number of rotatable bonds is 13. The molecule has 6 heteroatoms. The summed E-state index contributed by atoms with van der Waals surface area (Å²) in [5, 5.41) is 4.27. The van der Waals surface area contributed by atoms with Crippen LogP contribution in [0.25, 0.3) is 11.1 Å². The van der Waals surface area contributed by atoms with Crippen LogP contribution in [0.3, 0.4) is 0 Å². The number of unbranched alkanes of at least 4 members (excludes halogenated alkanes) is 7. The number of ether oxygens (including phenoxy) is 1. The lowest BCUT2D eigenvalue weighted by molar-refractivity contribution is -0.452. The van der Waals surface area contributed by atoms with E-state index in [2.05, 4.69) is 21.7 Å². The molecule has 0 aliphatic carbocycles. The maximum absolute atomic E-state index is 12.1. The number of hydrogen-bond acceptors (Lipinski definition) is 6. The summed E-state index contributed by atoms with van der Waals surface area (Å²) in [6.07, 6.45) is 8.11. The van der Waals surface area contributed by atoms with Crippen molar-refractivity contribution in [2.24, 2.45) is 0 Å². The van der Waals surface area contributed by atoms with Crippen LogP contribution >= 0.6 is 0 Å². The van der Waals surface area contributed by atoms with Crippen LogP contribution in [-0.2, 0) is 19.6 Å². The normalized spacial score (nSPS) is 10.4. The fraction of sp³-hybridized carbons (Fsp3) is 0.417. The van der Waals surface area contributed by atoms with Gasteiger partial charge in [0.25, 0.3) is 0 Å². The van der Waals surface area contributed by atoms with Crippen LogP contribution in [0.15, 0.2) is 54.6 Å². The van der Waals surface area contributed by atoms with E-state index in [9.17, 15) is 9.59 Å². The zero-order valence-electron chi connectivity index (χ0n) is 17.5. The second kappa shape index (κ2) is 14.2. The molecule has 0 radical (unpaired) electrons. The van der Waals surface area contributed by atoms with E-state index in [1.165, 1.54) is 32.1 Å². The molecule has 0 bridgehead atoms. The summed E-state index contributed by atoms with van der Waals surface area (Å²) in [5.74, 6) is -0.774. The largest absolute Gasteiger partial charge is 0.543 e. The SMILES string of the molecule is CCCCCCCCCCOC(=O)OOOC(=O)c1cccc(-c2ccccc2)c1. The Morgan fingerprint density at radius 2 is 1.40 bits per heavy atom. The Labute approximate surface area is 178 Å². The molecule has 0 amide bonds. The third-order valence-electron chi connectivity index (χ3n) is 4.63. The van der Waals surface area contributed by atoms with Gasteiger partial charge in [0.1, 0.15) is 0 Å². The lowest BCUT2D eigenvalue weighted by Crippen LogP contribution is -2.12. The minimum absolute atomic E-state index is 0.240. The molecule has 0 aliphatic heterocycles. The van der Waals surface area contributed by atoms with Crippen LogP contribution in [0.2, 0.25) is 0 Å². The van der Waals surface area contributed by atoms with E-state index in [0.29, 0.717) is 0 Å². The van der Waals surface area contributed by atoms with Gasteiger partial charge in [-0.3, -0.25) is 4.89 Å². The molecule has 0 atom stereocenters. The van der Waals surface area contributed by atoms with Gasteiger partial charge >= 0.3 is 12.1 Å². The fourth-order valence-electron chi connectivity index (χ4n) is 3.00. The maximum atomic E-state index is 12.1. The van der Waals surface area contributed by atoms with Crippen molar-refractivity contribution < 1.29 is 29.1 Å². The first kappa shape index (κ1) is 23.4. The first-order valence-electron chi connectivity index (χ1n) is 10.6. The highest BCUT2D eigenvalue weighted by molar-refractivity contribution is 5.90. The van der Waals surface area contributed by atoms with Crippen LogP contribution in [0, 0.1) is 0 Å². The van der Waals surface area contributed by atoms with Gasteiger partial charge in [0.15, 0.2) is 0 Å². The minimum Gasteiger partial charge on any atom is -0.432 e. The standard InChI is InChI=1S/C24H30O6/c1-2-3-4-5-6-7-8-12-18-27-24(26)29-30-28-23(25)22-17-13-16-21(19-22)20-14-10-9-11-15-20/h9-11,13-17,19H,2-8,12,18H2,1H3. The average molecular weight is 414 g/mol. The van der Waals surface area contributed by atoms with E-state index >= 15 is 0 Å². The molecule has 0 saturated heterocycles. The van der Waals surface area contributed by atoms with Crippen molar-refractivity contribution in [2.45, 2.75) is 58.3 Å². The molecule has 0 spiro atoms. The second-order valence-corrected chi connectivity index (χ2v) is 7.04. The molecule has 6 nitrogen and oxygen atoms in total. The Kier molecular flexibility index (Phi) is 11.1. The maximum Gasteiger partial charge on any atom is 0.543 e. The highest BCUT2D eigenvalue weighted by Gasteiger charge is 2.13. The van der Waals surface area contributed by atoms with Crippen LogP contribution < -0.4 is 0 Å². The molecule has 0 heterocycles. The van der Waals surface area contributed by atoms with E-state index in [0.717, 1.165) is 30.4 Å². The fourth-order valence-corrected chi connectivity index (χ4v) is 3.00. The minimum atomic E-state index is -1.04. The molecule has 30 heavy (non-hydrogen) atoms. The monoisotopic (exact) mass is 414 g/mol. The van der Waals surface area contributed by atoms with E-state index in [1.807, 2.05) is 36.4 Å². The Balaban J connectivity index is 1.59. The van der Waals surface area contributed by atoms with Crippen molar-refractivity contribution in [1.82, 2.24) is 0 Å². The Bertz CT molecular complexity index is 759. The molecule has 0 aliphatic rings. The number of hydrogen-bond donors (Lipinski definition) is 0. The summed E-state index contributed by atoms with van der Waals surface area (Å²) in [4.78, 5) is 32.3. The summed E-state index contributed by atoms with van der Waals surface area (Å²) in [5.41, 5.74) is 2.09. The Hall–Kier alpha value is -2.86. The van der Waals surface area contributed by atoms with Gasteiger partial charge in [0, 0.05) is 0 Å². The summed E-state index contributed by atoms with van der Waals surface area (Å²) in [6.45, 7) is 2.44. The van der Waals surface area contributed by atoms with Gasteiger partial charge < -0.3 is 4.74 Å². The van der Waals surface area contributed by atoms with Gasteiger partial charge in [-0.15, -0.1) is 0 Å². The van der Waals surface area contributed by atoms with Crippen molar-refractivity contribution in [3.63, 3.8) is 0 Å². The molecule has 2 aromatic rings. The highest BCUT2D eigenvalue weighted by atomic mass is 17.5. The third kappa shape index (κ3) is 9.09. The van der Waals surface area contributed by atoms with E-state index in [1.54, 1.807) is 18.2 Å². The summed E-state index contributed by atoms with van der Waals surface area (Å²) < 4.78 is 4.87. The molecule has 2 rings (SSSR count). The molecule has 2 aromatic carbocycles. The van der Waals surface area contributed by atoms with Gasteiger partial charge in [-0.2, -0.15) is 0 Å². The van der Waals surface area contributed by atoms with Crippen LogP contribution in [0.4, 0.5) is 4.79 Å². The predicted octanol–water partition coefficient (Wildman–Crippen LogP) is 6.65. The quantitative estimate of drug-likeness (QED) is 0.158. The van der Waals surface area contributed by atoms with E-state index < -0.39 is 12.1 Å². The molecule has 0 aromatic heterocycles. The molecular weight excluding hydrogens is 384 g/mol. The molecule has 0 saturated carbocycles. The summed E-state index contributed by atoms with van der Waals surface area (Å²) >= 11 is 0. The van der Waals surface area contributed by atoms with Crippen molar-refractivity contribution in [3.8, 4) is 11.1 Å². The lowest BCUT2D eigenvalue weighted by atomic mass is 10.0. The van der Waals surface area contributed by atoms with Crippen molar-refractivity contribution in [2.75, 3.05) is 6.61 Å². The second-order valence-electron chi connectivity index (χ2n) is 7.04. The van der Waals surface area contributed by atoms with Gasteiger partial charge in [0.2, 0.25) is 0 Å². The first-order valence-corrected chi connectivity index (χ1v) is 10.6. The number of carbonyl (C=O) groups is 2. The molecule has 0 unspecified atom stereocenters. The van der Waals surface area contributed by atoms with E-state index in [4.69, 9.17) is 4.74 Å². The Morgan fingerprint density at radius 3 is 2.13 bits per heavy atom. The van der Waals surface area contributed by atoms with Crippen LogP contribution in [0.5, 0.6) is 0 Å². The highest BCUT2D eigenvalue weighted by Crippen LogP contribution is 2.20. The van der Waals surface area contributed by atoms with Gasteiger partial charge in [-0.1, -0.05) is 94.3 Å². The Morgan fingerprint density at radius 1 is 0.733 bits per heavy atom. The molecular formula is C24H30O6. The van der Waals surface area contributed by atoms with Crippen molar-refractivity contribution in [3.05, 3.63) is 60.2 Å².